The standard InChI is InChI=1S/C13H11BrClNO3S/c14-12-6-9(8-17)4-5-13(12)20(18,19)16-11-3-1-2-10(15)7-11/h1-7,16-17H,8H2. The molecule has 0 bridgehead atoms. The van der Waals surface area contributed by atoms with E-state index in [4.69, 9.17) is 16.7 Å². The van der Waals surface area contributed by atoms with Crippen molar-refractivity contribution in [1.82, 2.24) is 0 Å². The monoisotopic (exact) mass is 375 g/mol. The third-order valence-electron chi connectivity index (χ3n) is 2.55. The Bertz CT molecular complexity index is 734. The molecule has 0 aliphatic heterocycles. The quantitative estimate of drug-likeness (QED) is 0.859. The average Bonchev–Trinajstić information content (AvgIpc) is 2.37. The van der Waals surface area contributed by atoms with Crippen LogP contribution in [0.15, 0.2) is 51.8 Å². The zero-order valence-electron chi connectivity index (χ0n) is 10.2. The topological polar surface area (TPSA) is 66.4 Å². The van der Waals surface area contributed by atoms with Gasteiger partial charge in [0.15, 0.2) is 0 Å². The number of rotatable bonds is 4. The molecule has 2 aromatic rings. The molecule has 0 unspecified atom stereocenters. The van der Waals surface area contributed by atoms with Gasteiger partial charge >= 0.3 is 0 Å². The van der Waals surface area contributed by atoms with Crippen molar-refractivity contribution in [3.05, 3.63) is 57.5 Å². The molecule has 0 saturated carbocycles. The van der Waals surface area contributed by atoms with Crippen molar-refractivity contribution in [2.45, 2.75) is 11.5 Å². The molecule has 0 aliphatic carbocycles. The van der Waals surface area contributed by atoms with E-state index in [2.05, 4.69) is 20.7 Å². The first kappa shape index (κ1) is 15.3. The number of aliphatic hydroxyl groups is 1. The predicted octanol–water partition coefficient (Wildman–Crippen LogP) is 3.40. The summed E-state index contributed by atoms with van der Waals surface area (Å²) in [5.74, 6) is 0. The first-order valence-corrected chi connectivity index (χ1v) is 8.25. The smallest absolute Gasteiger partial charge is 0.263 e. The van der Waals surface area contributed by atoms with Crippen LogP contribution in [0.3, 0.4) is 0 Å². The number of sulfonamides is 1. The van der Waals surface area contributed by atoms with E-state index in [0.29, 0.717) is 20.7 Å². The van der Waals surface area contributed by atoms with Crippen LogP contribution in [0, 0.1) is 0 Å². The fourth-order valence-corrected chi connectivity index (χ4v) is 3.99. The highest BCUT2D eigenvalue weighted by atomic mass is 79.9. The van der Waals surface area contributed by atoms with Crippen LogP contribution in [0.4, 0.5) is 5.69 Å². The number of halogens is 2. The van der Waals surface area contributed by atoms with Gasteiger partial charge in [-0.15, -0.1) is 0 Å². The predicted molar refractivity (Wildman–Crippen MR) is 82.3 cm³/mol. The molecule has 2 aromatic carbocycles. The van der Waals surface area contributed by atoms with Crippen molar-refractivity contribution >= 4 is 43.2 Å². The lowest BCUT2D eigenvalue weighted by Gasteiger charge is -2.10. The zero-order valence-corrected chi connectivity index (χ0v) is 13.3. The molecule has 4 nitrogen and oxygen atoms in total. The van der Waals surface area contributed by atoms with Crippen LogP contribution >= 0.6 is 27.5 Å². The molecule has 0 aliphatic rings. The summed E-state index contributed by atoms with van der Waals surface area (Å²) in [6, 6.07) is 11.0. The minimum Gasteiger partial charge on any atom is -0.392 e. The van der Waals surface area contributed by atoms with Crippen LogP contribution in [0.2, 0.25) is 5.02 Å². The SMILES string of the molecule is O=S(=O)(Nc1cccc(Cl)c1)c1ccc(CO)cc1Br. The minimum absolute atomic E-state index is 0.0923. The summed E-state index contributed by atoms with van der Waals surface area (Å²) in [7, 11) is -3.72. The van der Waals surface area contributed by atoms with Gasteiger partial charge in [-0.05, 0) is 51.8 Å². The number of nitrogens with one attached hydrogen (secondary N) is 1. The number of hydrogen-bond donors (Lipinski definition) is 2. The van der Waals surface area contributed by atoms with Gasteiger partial charge < -0.3 is 5.11 Å². The molecule has 0 amide bonds. The Balaban J connectivity index is 2.36. The van der Waals surface area contributed by atoms with Gasteiger partial charge in [-0.1, -0.05) is 23.7 Å². The van der Waals surface area contributed by atoms with Crippen molar-refractivity contribution in [3.8, 4) is 0 Å². The summed E-state index contributed by atoms with van der Waals surface area (Å²) < 4.78 is 27.4. The van der Waals surface area contributed by atoms with Crippen LogP contribution in [-0.2, 0) is 16.6 Å². The van der Waals surface area contributed by atoms with Crippen LogP contribution < -0.4 is 4.72 Å². The van der Waals surface area contributed by atoms with E-state index in [1.807, 2.05) is 0 Å². The Hall–Kier alpha value is -1.08. The van der Waals surface area contributed by atoms with Gasteiger partial charge in [-0.3, -0.25) is 4.72 Å². The van der Waals surface area contributed by atoms with Crippen LogP contribution in [0.25, 0.3) is 0 Å². The molecule has 20 heavy (non-hydrogen) atoms. The second-order valence-corrected chi connectivity index (χ2v) is 6.98. The van der Waals surface area contributed by atoms with Gasteiger partial charge in [0.25, 0.3) is 10.0 Å². The molecule has 0 fully saturated rings. The second kappa shape index (κ2) is 6.13. The van der Waals surface area contributed by atoms with E-state index in [9.17, 15) is 8.42 Å². The fraction of sp³-hybridized carbons (Fsp3) is 0.0769. The van der Waals surface area contributed by atoms with E-state index in [-0.39, 0.29) is 11.5 Å². The maximum atomic E-state index is 12.3. The number of benzene rings is 2. The molecule has 0 radical (unpaired) electrons. The molecular weight excluding hydrogens is 366 g/mol. The first-order chi connectivity index (χ1) is 9.42. The number of anilines is 1. The van der Waals surface area contributed by atoms with Gasteiger partial charge in [0, 0.05) is 9.50 Å². The molecule has 7 heteroatoms. The lowest BCUT2D eigenvalue weighted by atomic mass is 10.2. The van der Waals surface area contributed by atoms with Gasteiger partial charge in [-0.2, -0.15) is 0 Å². The molecule has 0 heterocycles. The Morgan fingerprint density at radius 3 is 2.55 bits per heavy atom. The Labute approximate surface area is 130 Å². The van der Waals surface area contributed by atoms with Crippen molar-refractivity contribution < 1.29 is 13.5 Å². The van der Waals surface area contributed by atoms with Crippen LogP contribution in [-0.4, -0.2) is 13.5 Å². The van der Waals surface area contributed by atoms with Crippen LogP contribution in [0.1, 0.15) is 5.56 Å². The van der Waals surface area contributed by atoms with E-state index in [1.165, 1.54) is 12.1 Å². The molecule has 0 aromatic heterocycles. The zero-order chi connectivity index (χ0) is 14.8. The third-order valence-corrected chi connectivity index (χ3v) is 5.14. The summed E-state index contributed by atoms with van der Waals surface area (Å²) in [5, 5.41) is 9.47. The normalized spacial score (nSPS) is 11.3. The first-order valence-electron chi connectivity index (χ1n) is 5.60. The summed E-state index contributed by atoms with van der Waals surface area (Å²) in [6.45, 7) is -0.152. The van der Waals surface area contributed by atoms with Crippen molar-refractivity contribution in [3.63, 3.8) is 0 Å². The van der Waals surface area contributed by atoms with E-state index in [0.717, 1.165) is 0 Å². The number of aliphatic hydroxyl groups excluding tert-OH is 1. The highest BCUT2D eigenvalue weighted by molar-refractivity contribution is 9.10. The molecule has 2 rings (SSSR count). The third kappa shape index (κ3) is 3.52. The molecule has 0 saturated heterocycles. The second-order valence-electron chi connectivity index (χ2n) is 4.04. The lowest BCUT2D eigenvalue weighted by molar-refractivity contribution is 0.281. The maximum absolute atomic E-state index is 12.3. The van der Waals surface area contributed by atoms with Gasteiger partial charge in [0.1, 0.15) is 4.90 Å². The van der Waals surface area contributed by atoms with Crippen molar-refractivity contribution in [2.24, 2.45) is 0 Å². The van der Waals surface area contributed by atoms with Gasteiger partial charge in [-0.25, -0.2) is 8.42 Å². The summed E-state index contributed by atoms with van der Waals surface area (Å²) in [5.41, 5.74) is 1.01. The molecule has 106 valence electrons. The van der Waals surface area contributed by atoms with E-state index in [1.54, 1.807) is 30.3 Å². The highest BCUT2D eigenvalue weighted by Crippen LogP contribution is 2.26. The van der Waals surface area contributed by atoms with Crippen molar-refractivity contribution in [1.29, 1.82) is 0 Å². The van der Waals surface area contributed by atoms with Crippen LogP contribution in [0.5, 0.6) is 0 Å². The lowest BCUT2D eigenvalue weighted by Crippen LogP contribution is -2.13. The molecule has 0 atom stereocenters. The molecule has 2 N–H and O–H groups in total. The fourth-order valence-electron chi connectivity index (χ4n) is 1.62. The summed E-state index contributed by atoms with van der Waals surface area (Å²) in [4.78, 5) is 0.0923. The number of hydrogen-bond acceptors (Lipinski definition) is 3. The largest absolute Gasteiger partial charge is 0.392 e. The Morgan fingerprint density at radius 1 is 1.20 bits per heavy atom. The maximum Gasteiger partial charge on any atom is 0.263 e. The Kier molecular flexibility index (Phi) is 4.70. The van der Waals surface area contributed by atoms with E-state index >= 15 is 0 Å². The molecular formula is C13H11BrClNO3S. The minimum atomic E-state index is -3.72. The van der Waals surface area contributed by atoms with E-state index < -0.39 is 10.0 Å². The van der Waals surface area contributed by atoms with Gasteiger partial charge in [0.05, 0.1) is 12.3 Å². The Morgan fingerprint density at radius 2 is 1.95 bits per heavy atom. The van der Waals surface area contributed by atoms with Gasteiger partial charge in [0.2, 0.25) is 0 Å². The summed E-state index contributed by atoms with van der Waals surface area (Å²) in [6.07, 6.45) is 0. The highest BCUT2D eigenvalue weighted by Gasteiger charge is 2.18. The summed E-state index contributed by atoms with van der Waals surface area (Å²) >= 11 is 9.01. The molecule has 0 spiro atoms. The van der Waals surface area contributed by atoms with Crippen molar-refractivity contribution in [2.75, 3.05) is 4.72 Å². The average molecular weight is 377 g/mol.